The molecule has 0 atom stereocenters. The Morgan fingerprint density at radius 3 is 3.00 bits per heavy atom. The fourth-order valence-electron chi connectivity index (χ4n) is 2.07. The van der Waals surface area contributed by atoms with Gasteiger partial charge >= 0.3 is 5.97 Å². The van der Waals surface area contributed by atoms with Crippen LogP contribution >= 0.6 is 0 Å². The molecular formula is C11H14N2O3. The van der Waals surface area contributed by atoms with Crippen molar-refractivity contribution in [3.05, 3.63) is 33.2 Å². The van der Waals surface area contributed by atoms with E-state index in [0.717, 1.165) is 24.3 Å². The van der Waals surface area contributed by atoms with Crippen LogP contribution in [0.5, 0.6) is 0 Å². The zero-order valence-electron chi connectivity index (χ0n) is 9.12. The molecule has 0 radical (unpaired) electrons. The molecule has 1 aliphatic rings. The van der Waals surface area contributed by atoms with Crippen LogP contribution in [-0.2, 0) is 13.0 Å². The lowest BCUT2D eigenvalue weighted by Gasteiger charge is -2.27. The van der Waals surface area contributed by atoms with Gasteiger partial charge in [-0.05, 0) is 6.54 Å². The van der Waals surface area contributed by atoms with E-state index in [1.165, 1.54) is 6.07 Å². The van der Waals surface area contributed by atoms with E-state index >= 15 is 0 Å². The third-order valence-corrected chi connectivity index (χ3v) is 2.98. The first-order chi connectivity index (χ1) is 7.61. The van der Waals surface area contributed by atoms with Crippen LogP contribution < -0.4 is 5.56 Å². The summed E-state index contributed by atoms with van der Waals surface area (Å²) in [6.45, 7) is 4.39. The van der Waals surface area contributed by atoms with Crippen molar-refractivity contribution in [1.29, 1.82) is 0 Å². The molecule has 0 aromatic carbocycles. The van der Waals surface area contributed by atoms with Crippen LogP contribution in [0.15, 0.2) is 10.9 Å². The van der Waals surface area contributed by atoms with Gasteiger partial charge in [0.1, 0.15) is 0 Å². The van der Waals surface area contributed by atoms with Crippen LogP contribution in [0, 0.1) is 0 Å². The van der Waals surface area contributed by atoms with E-state index in [1.54, 1.807) is 0 Å². The number of fused-ring (bicyclic) bond motifs is 1. The van der Waals surface area contributed by atoms with Crippen LogP contribution in [0.4, 0.5) is 0 Å². The monoisotopic (exact) mass is 222 g/mol. The second kappa shape index (κ2) is 4.09. The molecule has 0 bridgehead atoms. The maximum atomic E-state index is 11.3. The second-order valence-electron chi connectivity index (χ2n) is 3.93. The normalized spacial score (nSPS) is 15.8. The molecule has 86 valence electrons. The van der Waals surface area contributed by atoms with Crippen molar-refractivity contribution in [3.8, 4) is 0 Å². The molecule has 2 heterocycles. The largest absolute Gasteiger partial charge is 0.478 e. The first-order valence-corrected chi connectivity index (χ1v) is 5.32. The van der Waals surface area contributed by atoms with Gasteiger partial charge in [0.15, 0.2) is 0 Å². The number of aromatic amines is 1. The number of hydrogen-bond donors (Lipinski definition) is 2. The second-order valence-corrected chi connectivity index (χ2v) is 3.93. The molecular weight excluding hydrogens is 208 g/mol. The highest BCUT2D eigenvalue weighted by Crippen LogP contribution is 2.19. The first kappa shape index (κ1) is 10.9. The van der Waals surface area contributed by atoms with Crippen LogP contribution in [0.3, 0.4) is 0 Å². The van der Waals surface area contributed by atoms with Gasteiger partial charge in [0, 0.05) is 36.8 Å². The fraction of sp³-hybridized carbons (Fsp3) is 0.455. The Balaban J connectivity index is 2.51. The van der Waals surface area contributed by atoms with Crippen LogP contribution in [0.1, 0.15) is 28.5 Å². The highest BCUT2D eigenvalue weighted by atomic mass is 16.4. The number of likely N-dealkylation sites (N-methyl/N-ethyl adjacent to an activating group) is 1. The first-order valence-electron chi connectivity index (χ1n) is 5.32. The number of carboxylic acid groups (broad SMARTS) is 1. The molecule has 0 amide bonds. The summed E-state index contributed by atoms with van der Waals surface area (Å²) in [5.41, 5.74) is 1.33. The Bertz CT molecular complexity index is 479. The van der Waals surface area contributed by atoms with Crippen molar-refractivity contribution >= 4 is 5.97 Å². The number of hydrogen-bond acceptors (Lipinski definition) is 3. The molecule has 0 saturated heterocycles. The van der Waals surface area contributed by atoms with Gasteiger partial charge in [-0.3, -0.25) is 9.69 Å². The van der Waals surface area contributed by atoms with Crippen molar-refractivity contribution in [2.75, 3.05) is 13.1 Å². The molecule has 0 fully saturated rings. The summed E-state index contributed by atoms with van der Waals surface area (Å²) in [5, 5.41) is 9.05. The SMILES string of the molecule is CCN1CCc2[nH]c(=O)cc(C(=O)O)c2C1. The molecule has 1 aromatic rings. The van der Waals surface area contributed by atoms with Gasteiger partial charge in [0.05, 0.1) is 5.56 Å². The predicted molar refractivity (Wildman–Crippen MR) is 58.7 cm³/mol. The number of aromatic nitrogens is 1. The van der Waals surface area contributed by atoms with Crippen molar-refractivity contribution in [3.63, 3.8) is 0 Å². The van der Waals surface area contributed by atoms with Crippen molar-refractivity contribution < 1.29 is 9.90 Å². The maximum absolute atomic E-state index is 11.3. The molecule has 5 heteroatoms. The number of aromatic carboxylic acids is 1. The Morgan fingerprint density at radius 2 is 2.38 bits per heavy atom. The minimum absolute atomic E-state index is 0.136. The summed E-state index contributed by atoms with van der Waals surface area (Å²) in [5.74, 6) is -1.03. The predicted octanol–water partition coefficient (Wildman–Crippen LogP) is 0.451. The third kappa shape index (κ3) is 1.86. The molecule has 1 aromatic heterocycles. The van der Waals surface area contributed by atoms with Gasteiger partial charge in [0.2, 0.25) is 5.56 Å². The Kier molecular flexibility index (Phi) is 2.78. The van der Waals surface area contributed by atoms with Crippen LogP contribution in [0.25, 0.3) is 0 Å². The van der Waals surface area contributed by atoms with Crippen molar-refractivity contribution in [2.24, 2.45) is 0 Å². The lowest BCUT2D eigenvalue weighted by atomic mass is 10.00. The fourth-order valence-corrected chi connectivity index (χ4v) is 2.07. The summed E-state index contributed by atoms with van der Waals surface area (Å²) in [4.78, 5) is 27.2. The Hall–Kier alpha value is -1.62. The van der Waals surface area contributed by atoms with Gasteiger partial charge < -0.3 is 10.1 Å². The summed E-state index contributed by atoms with van der Waals surface area (Å²) >= 11 is 0. The summed E-state index contributed by atoms with van der Waals surface area (Å²) in [6, 6.07) is 1.17. The highest BCUT2D eigenvalue weighted by Gasteiger charge is 2.22. The lowest BCUT2D eigenvalue weighted by molar-refractivity contribution is 0.0693. The number of nitrogens with one attached hydrogen (secondary N) is 1. The van der Waals surface area contributed by atoms with Crippen molar-refractivity contribution in [1.82, 2.24) is 9.88 Å². The number of pyridine rings is 1. The molecule has 2 rings (SSSR count). The number of carboxylic acids is 1. The summed E-state index contributed by atoms with van der Waals surface area (Å²) in [6.07, 6.45) is 0.708. The van der Waals surface area contributed by atoms with Gasteiger partial charge in [-0.25, -0.2) is 4.79 Å². The summed E-state index contributed by atoms with van der Waals surface area (Å²) in [7, 11) is 0. The smallest absolute Gasteiger partial charge is 0.336 e. The molecule has 0 saturated carbocycles. The van der Waals surface area contributed by atoms with E-state index in [2.05, 4.69) is 9.88 Å². The maximum Gasteiger partial charge on any atom is 0.336 e. The average Bonchev–Trinajstić information content (AvgIpc) is 2.27. The Labute approximate surface area is 92.7 Å². The zero-order chi connectivity index (χ0) is 11.7. The van der Waals surface area contributed by atoms with Gasteiger partial charge in [0.25, 0.3) is 0 Å². The van der Waals surface area contributed by atoms with E-state index in [9.17, 15) is 9.59 Å². The van der Waals surface area contributed by atoms with E-state index in [4.69, 9.17) is 5.11 Å². The van der Waals surface area contributed by atoms with Crippen LogP contribution in [-0.4, -0.2) is 34.0 Å². The van der Waals surface area contributed by atoms with E-state index in [-0.39, 0.29) is 11.1 Å². The summed E-state index contributed by atoms with van der Waals surface area (Å²) < 4.78 is 0. The minimum Gasteiger partial charge on any atom is -0.478 e. The molecule has 5 nitrogen and oxygen atoms in total. The molecule has 16 heavy (non-hydrogen) atoms. The number of carbonyl (C=O) groups is 1. The van der Waals surface area contributed by atoms with Crippen molar-refractivity contribution in [2.45, 2.75) is 19.9 Å². The topological polar surface area (TPSA) is 73.4 Å². The van der Waals surface area contributed by atoms with E-state index < -0.39 is 5.97 Å². The van der Waals surface area contributed by atoms with E-state index in [1.807, 2.05) is 6.92 Å². The molecule has 0 aliphatic carbocycles. The third-order valence-electron chi connectivity index (χ3n) is 2.98. The van der Waals surface area contributed by atoms with Gasteiger partial charge in [-0.1, -0.05) is 6.92 Å². The lowest BCUT2D eigenvalue weighted by Crippen LogP contribution is -2.33. The molecule has 0 spiro atoms. The Morgan fingerprint density at radius 1 is 1.62 bits per heavy atom. The van der Waals surface area contributed by atoms with E-state index in [0.29, 0.717) is 13.0 Å². The number of nitrogens with zero attached hydrogens (tertiary/aromatic N) is 1. The number of rotatable bonds is 2. The molecule has 0 unspecified atom stereocenters. The standard InChI is InChI=1S/C11H14N2O3/c1-2-13-4-3-9-8(6-13)7(11(15)16)5-10(14)12-9/h5H,2-4,6H2,1H3,(H,12,14)(H,15,16). The van der Waals surface area contributed by atoms with Gasteiger partial charge in [-0.2, -0.15) is 0 Å². The molecule has 1 aliphatic heterocycles. The molecule has 2 N–H and O–H groups in total. The minimum atomic E-state index is -1.03. The van der Waals surface area contributed by atoms with Gasteiger partial charge in [-0.15, -0.1) is 0 Å². The highest BCUT2D eigenvalue weighted by molar-refractivity contribution is 5.89. The van der Waals surface area contributed by atoms with Crippen LogP contribution in [0.2, 0.25) is 0 Å². The average molecular weight is 222 g/mol. The quantitative estimate of drug-likeness (QED) is 0.762. The number of H-pyrrole nitrogens is 1. The zero-order valence-corrected chi connectivity index (χ0v) is 9.12.